The fraction of sp³-hybridized carbons (Fsp3) is 1.00. The van der Waals surface area contributed by atoms with E-state index in [2.05, 4.69) is 41.5 Å². The van der Waals surface area contributed by atoms with Crippen LogP contribution in [0.15, 0.2) is 0 Å². The molecule has 0 N–H and O–H groups in total. The van der Waals surface area contributed by atoms with Gasteiger partial charge in [-0.05, 0) is 35.5 Å². The first-order valence-corrected chi connectivity index (χ1v) is 8.49. The van der Waals surface area contributed by atoms with Gasteiger partial charge < -0.3 is 0 Å². The van der Waals surface area contributed by atoms with Crippen LogP contribution < -0.4 is 0 Å². The van der Waals surface area contributed by atoms with Crippen LogP contribution in [-0.4, -0.2) is 0 Å². The Labute approximate surface area is 124 Å². The smallest absolute Gasteiger partial charge is 0.0386 e. The van der Waals surface area contributed by atoms with Gasteiger partial charge in [0.05, 0.1) is 0 Å². The molecule has 2 aliphatic rings. The van der Waals surface area contributed by atoms with Crippen molar-refractivity contribution in [1.29, 1.82) is 0 Å². The van der Waals surface area contributed by atoms with Gasteiger partial charge in [0.2, 0.25) is 0 Å². The molecular formula is C19H42. The van der Waals surface area contributed by atoms with E-state index in [-0.39, 0.29) is 7.43 Å². The highest BCUT2D eigenvalue weighted by Crippen LogP contribution is 2.44. The Kier molecular flexibility index (Phi) is 12.0. The molecule has 0 radical (unpaired) electrons. The molecule has 2 aliphatic carbocycles. The van der Waals surface area contributed by atoms with Gasteiger partial charge in [-0.2, -0.15) is 0 Å². The van der Waals surface area contributed by atoms with Gasteiger partial charge in [-0.25, -0.2) is 0 Å². The van der Waals surface area contributed by atoms with Crippen LogP contribution in [-0.2, 0) is 0 Å². The molecule has 0 saturated heterocycles. The highest BCUT2D eigenvalue weighted by Gasteiger charge is 2.38. The molecule has 0 aromatic heterocycles. The second kappa shape index (κ2) is 10.7. The van der Waals surface area contributed by atoms with Crippen molar-refractivity contribution in [2.45, 2.75) is 88.5 Å². The van der Waals surface area contributed by atoms with Gasteiger partial charge in [-0.3, -0.25) is 0 Å². The lowest BCUT2D eigenvalue weighted by Gasteiger charge is -2.45. The van der Waals surface area contributed by atoms with Gasteiger partial charge in [0.1, 0.15) is 0 Å². The summed E-state index contributed by atoms with van der Waals surface area (Å²) >= 11 is 0. The van der Waals surface area contributed by atoms with E-state index in [0.29, 0.717) is 0 Å². The van der Waals surface area contributed by atoms with E-state index in [1.165, 1.54) is 25.7 Å². The first kappa shape index (κ1) is 21.3. The third kappa shape index (κ3) is 5.88. The molecular weight excluding hydrogens is 228 g/mol. The van der Waals surface area contributed by atoms with E-state index in [1.807, 2.05) is 13.8 Å². The summed E-state index contributed by atoms with van der Waals surface area (Å²) in [7, 11) is 0. The Morgan fingerprint density at radius 1 is 0.737 bits per heavy atom. The van der Waals surface area contributed by atoms with Crippen molar-refractivity contribution in [3.8, 4) is 0 Å². The van der Waals surface area contributed by atoms with Crippen LogP contribution in [0.5, 0.6) is 0 Å². The fourth-order valence-corrected chi connectivity index (χ4v) is 3.60. The van der Waals surface area contributed by atoms with E-state index >= 15 is 0 Å². The van der Waals surface area contributed by atoms with Gasteiger partial charge >= 0.3 is 0 Å². The second-order valence-corrected chi connectivity index (χ2v) is 6.51. The maximum Gasteiger partial charge on any atom is -0.0386 e. The summed E-state index contributed by atoms with van der Waals surface area (Å²) in [5.74, 6) is 6.00. The summed E-state index contributed by atoms with van der Waals surface area (Å²) in [5.41, 5.74) is 0. The van der Waals surface area contributed by atoms with E-state index in [9.17, 15) is 0 Å². The molecule has 2 unspecified atom stereocenters. The minimum Gasteiger partial charge on any atom is -0.0776 e. The van der Waals surface area contributed by atoms with Gasteiger partial charge in [-0.15, -0.1) is 0 Å². The Morgan fingerprint density at radius 2 is 1.11 bits per heavy atom. The predicted octanol–water partition coefficient (Wildman–Crippen LogP) is 7.04. The fourth-order valence-electron chi connectivity index (χ4n) is 3.60. The quantitative estimate of drug-likeness (QED) is 0.479. The van der Waals surface area contributed by atoms with E-state index in [1.54, 1.807) is 0 Å². The highest BCUT2D eigenvalue weighted by molar-refractivity contribution is 4.86. The van der Waals surface area contributed by atoms with E-state index < -0.39 is 0 Å². The zero-order chi connectivity index (χ0) is 14.3. The average Bonchev–Trinajstić information content (AvgIpc) is 2.84. The molecule has 0 aliphatic heterocycles. The summed E-state index contributed by atoms with van der Waals surface area (Å²) in [6.07, 6.45) is 5.87. The van der Waals surface area contributed by atoms with Crippen LogP contribution in [0, 0.1) is 35.5 Å². The van der Waals surface area contributed by atoms with Gasteiger partial charge in [-0.1, -0.05) is 88.5 Å². The summed E-state index contributed by atoms with van der Waals surface area (Å²) < 4.78 is 0. The lowest BCUT2D eigenvalue weighted by Crippen LogP contribution is -2.39. The van der Waals surface area contributed by atoms with E-state index in [4.69, 9.17) is 0 Å². The summed E-state index contributed by atoms with van der Waals surface area (Å²) in [5, 5.41) is 0. The third-order valence-corrected chi connectivity index (χ3v) is 5.88. The van der Waals surface area contributed by atoms with Crippen LogP contribution in [0.2, 0.25) is 0 Å². The van der Waals surface area contributed by atoms with Gasteiger partial charge in [0.15, 0.2) is 0 Å². The molecule has 2 saturated carbocycles. The summed E-state index contributed by atoms with van der Waals surface area (Å²) in [4.78, 5) is 0. The molecule has 2 fully saturated rings. The van der Waals surface area contributed by atoms with Gasteiger partial charge in [0.25, 0.3) is 0 Å². The van der Waals surface area contributed by atoms with Crippen molar-refractivity contribution in [2.75, 3.05) is 0 Å². The van der Waals surface area contributed by atoms with Crippen molar-refractivity contribution in [1.82, 2.24) is 0 Å². The maximum atomic E-state index is 2.39. The minimum absolute atomic E-state index is 0. The van der Waals surface area contributed by atoms with Gasteiger partial charge in [0, 0.05) is 0 Å². The molecule has 0 heterocycles. The van der Waals surface area contributed by atoms with Crippen molar-refractivity contribution in [3.05, 3.63) is 0 Å². The van der Waals surface area contributed by atoms with Crippen molar-refractivity contribution < 1.29 is 0 Å². The molecule has 0 spiro atoms. The highest BCUT2D eigenvalue weighted by atomic mass is 14.4. The van der Waals surface area contributed by atoms with Crippen LogP contribution in [0.4, 0.5) is 0 Å². The standard InChI is InChI=1S/2C8H16.C2H6.CH4/c1-5-6(2)8(4)7(5)3;1-3-8-6-4-5-7(8)2;1-2;/h5-8H,1-4H3;7-8H,3-6H2,1-2H3;1-2H3;1H4. The molecule has 0 aromatic carbocycles. The largest absolute Gasteiger partial charge is 0.0776 e. The third-order valence-electron chi connectivity index (χ3n) is 5.88. The molecule has 0 nitrogen and oxygen atoms in total. The zero-order valence-corrected chi connectivity index (χ0v) is 14.3. The Morgan fingerprint density at radius 3 is 1.26 bits per heavy atom. The molecule has 2 rings (SSSR count). The maximum absolute atomic E-state index is 2.39. The van der Waals surface area contributed by atoms with E-state index in [0.717, 1.165) is 35.5 Å². The molecule has 0 bridgehead atoms. The molecule has 19 heavy (non-hydrogen) atoms. The second-order valence-electron chi connectivity index (χ2n) is 6.51. The van der Waals surface area contributed by atoms with Crippen LogP contribution in [0.25, 0.3) is 0 Å². The number of hydrogen-bond acceptors (Lipinski definition) is 0. The number of rotatable bonds is 1. The first-order valence-electron chi connectivity index (χ1n) is 8.49. The Balaban J connectivity index is 0. The lowest BCUT2D eigenvalue weighted by molar-refractivity contribution is 0.0302. The van der Waals surface area contributed by atoms with Crippen LogP contribution in [0.3, 0.4) is 0 Å². The van der Waals surface area contributed by atoms with Crippen molar-refractivity contribution in [3.63, 3.8) is 0 Å². The van der Waals surface area contributed by atoms with Crippen molar-refractivity contribution >= 4 is 0 Å². The predicted molar refractivity (Wildman–Crippen MR) is 91.5 cm³/mol. The zero-order valence-electron chi connectivity index (χ0n) is 14.3. The minimum atomic E-state index is 0. The topological polar surface area (TPSA) is 0 Å². The molecule has 118 valence electrons. The van der Waals surface area contributed by atoms with Crippen molar-refractivity contribution in [2.24, 2.45) is 35.5 Å². The summed E-state index contributed by atoms with van der Waals surface area (Å²) in [6, 6.07) is 0. The normalized spacial score (nSPS) is 39.8. The monoisotopic (exact) mass is 270 g/mol. The average molecular weight is 271 g/mol. The van der Waals surface area contributed by atoms with Crippen LogP contribution in [0.1, 0.15) is 88.5 Å². The molecule has 0 heteroatoms. The number of hydrogen-bond donors (Lipinski definition) is 0. The summed E-state index contributed by atoms with van der Waals surface area (Å²) in [6.45, 7) is 18.1. The van der Waals surface area contributed by atoms with Crippen LogP contribution >= 0.6 is 0 Å². The Bertz CT molecular complexity index is 164. The first-order chi connectivity index (χ1) is 8.49. The Hall–Kier alpha value is 0. The SMILES string of the molecule is C.CC.CC1C(C)C(C)C1C.CCC1CCCC1C. The molecule has 0 amide bonds. The molecule has 0 aromatic rings. The lowest BCUT2D eigenvalue weighted by atomic mass is 9.60. The molecule has 2 atom stereocenters.